The van der Waals surface area contributed by atoms with Gasteiger partial charge in [0.1, 0.15) is 11.9 Å². The maximum Gasteiger partial charge on any atom is 0.121 e. The number of rotatable bonds is 8. The van der Waals surface area contributed by atoms with Gasteiger partial charge in [-0.1, -0.05) is 19.9 Å². The van der Waals surface area contributed by atoms with Crippen molar-refractivity contribution >= 4 is 5.69 Å². The summed E-state index contributed by atoms with van der Waals surface area (Å²) in [5.74, 6) is 0.947. The molecule has 1 rings (SSSR count). The smallest absolute Gasteiger partial charge is 0.121 e. The standard InChI is InChI=1S/C16H28N2O/c1-6-18(7-2)15-9-8-10-16(11-15)19-14(5)12-17-13(3)4/h8-11,13-14,17H,6-7,12H2,1-5H3. The van der Waals surface area contributed by atoms with Crippen molar-refractivity contribution in [1.29, 1.82) is 0 Å². The Morgan fingerprint density at radius 3 is 2.42 bits per heavy atom. The first-order chi connectivity index (χ1) is 9.06. The van der Waals surface area contributed by atoms with Gasteiger partial charge in [0.15, 0.2) is 0 Å². The maximum atomic E-state index is 5.96. The zero-order valence-electron chi connectivity index (χ0n) is 12.9. The molecule has 0 aliphatic heterocycles. The van der Waals surface area contributed by atoms with Gasteiger partial charge in [0, 0.05) is 37.4 Å². The largest absolute Gasteiger partial charge is 0.489 e. The molecule has 0 fully saturated rings. The summed E-state index contributed by atoms with van der Waals surface area (Å²) in [6, 6.07) is 8.84. The predicted octanol–water partition coefficient (Wildman–Crippen LogP) is 3.30. The SMILES string of the molecule is CCN(CC)c1cccc(OC(C)CNC(C)C)c1. The van der Waals surface area contributed by atoms with Crippen molar-refractivity contribution in [2.75, 3.05) is 24.5 Å². The lowest BCUT2D eigenvalue weighted by atomic mass is 10.2. The van der Waals surface area contributed by atoms with E-state index < -0.39 is 0 Å². The van der Waals surface area contributed by atoms with E-state index in [1.165, 1.54) is 5.69 Å². The monoisotopic (exact) mass is 264 g/mol. The van der Waals surface area contributed by atoms with E-state index in [4.69, 9.17) is 4.74 Å². The Bertz CT molecular complexity index is 362. The maximum absolute atomic E-state index is 5.96. The van der Waals surface area contributed by atoms with Crippen LogP contribution in [0.25, 0.3) is 0 Å². The van der Waals surface area contributed by atoms with Crippen molar-refractivity contribution in [3.8, 4) is 5.75 Å². The van der Waals surface area contributed by atoms with Crippen molar-refractivity contribution in [2.45, 2.75) is 46.8 Å². The van der Waals surface area contributed by atoms with Crippen LogP contribution in [0.4, 0.5) is 5.69 Å². The van der Waals surface area contributed by atoms with Gasteiger partial charge < -0.3 is 15.0 Å². The molecule has 0 saturated heterocycles. The molecule has 1 unspecified atom stereocenters. The van der Waals surface area contributed by atoms with Crippen LogP contribution in [0.1, 0.15) is 34.6 Å². The first-order valence-electron chi connectivity index (χ1n) is 7.31. The second-order valence-corrected chi connectivity index (χ2v) is 5.16. The van der Waals surface area contributed by atoms with Gasteiger partial charge in [-0.25, -0.2) is 0 Å². The minimum absolute atomic E-state index is 0.175. The highest BCUT2D eigenvalue weighted by Crippen LogP contribution is 2.21. The summed E-state index contributed by atoms with van der Waals surface area (Å²) in [5.41, 5.74) is 1.23. The molecule has 0 amide bonds. The van der Waals surface area contributed by atoms with Crippen molar-refractivity contribution in [3.05, 3.63) is 24.3 Å². The first-order valence-corrected chi connectivity index (χ1v) is 7.31. The van der Waals surface area contributed by atoms with Gasteiger partial charge in [0.25, 0.3) is 0 Å². The summed E-state index contributed by atoms with van der Waals surface area (Å²) >= 11 is 0. The van der Waals surface area contributed by atoms with E-state index in [2.05, 4.69) is 63.0 Å². The number of hydrogen-bond acceptors (Lipinski definition) is 3. The first kappa shape index (κ1) is 15.8. The van der Waals surface area contributed by atoms with E-state index in [0.717, 1.165) is 25.4 Å². The summed E-state index contributed by atoms with van der Waals surface area (Å²) in [6.07, 6.45) is 0.175. The molecule has 1 aromatic carbocycles. The van der Waals surface area contributed by atoms with E-state index in [-0.39, 0.29) is 6.10 Å². The van der Waals surface area contributed by atoms with Gasteiger partial charge in [-0.15, -0.1) is 0 Å². The van der Waals surface area contributed by atoms with Crippen LogP contribution in [-0.4, -0.2) is 31.8 Å². The summed E-state index contributed by atoms with van der Waals surface area (Å²) in [7, 11) is 0. The molecule has 0 radical (unpaired) electrons. The Kier molecular flexibility index (Phi) is 6.71. The summed E-state index contributed by atoms with van der Waals surface area (Å²) < 4.78 is 5.96. The third-order valence-corrected chi connectivity index (χ3v) is 3.10. The summed E-state index contributed by atoms with van der Waals surface area (Å²) in [5, 5.41) is 3.39. The lowest BCUT2D eigenvalue weighted by Crippen LogP contribution is -2.33. The van der Waals surface area contributed by atoms with Crippen LogP contribution in [0.5, 0.6) is 5.75 Å². The van der Waals surface area contributed by atoms with Gasteiger partial charge in [-0.2, -0.15) is 0 Å². The normalized spacial score (nSPS) is 12.5. The van der Waals surface area contributed by atoms with Crippen LogP contribution in [0.3, 0.4) is 0 Å². The number of anilines is 1. The Morgan fingerprint density at radius 1 is 1.16 bits per heavy atom. The molecule has 1 atom stereocenters. The molecule has 108 valence electrons. The molecule has 0 aromatic heterocycles. The molecule has 19 heavy (non-hydrogen) atoms. The topological polar surface area (TPSA) is 24.5 Å². The molecule has 0 aliphatic rings. The van der Waals surface area contributed by atoms with Crippen molar-refractivity contribution in [1.82, 2.24) is 5.32 Å². The zero-order chi connectivity index (χ0) is 14.3. The third-order valence-electron chi connectivity index (χ3n) is 3.10. The third kappa shape index (κ3) is 5.52. The number of nitrogens with one attached hydrogen (secondary N) is 1. The van der Waals surface area contributed by atoms with Crippen LogP contribution in [0.2, 0.25) is 0 Å². The number of hydrogen-bond donors (Lipinski definition) is 1. The van der Waals surface area contributed by atoms with Gasteiger partial charge in [0.2, 0.25) is 0 Å². The predicted molar refractivity (Wildman–Crippen MR) is 83.2 cm³/mol. The Balaban J connectivity index is 2.61. The molecule has 0 saturated carbocycles. The molecular weight excluding hydrogens is 236 g/mol. The van der Waals surface area contributed by atoms with Crippen molar-refractivity contribution < 1.29 is 4.74 Å². The number of ether oxygens (including phenoxy) is 1. The molecule has 0 aliphatic carbocycles. The fraction of sp³-hybridized carbons (Fsp3) is 0.625. The molecule has 3 nitrogen and oxygen atoms in total. The van der Waals surface area contributed by atoms with E-state index in [0.29, 0.717) is 6.04 Å². The highest BCUT2D eigenvalue weighted by molar-refractivity contribution is 5.50. The van der Waals surface area contributed by atoms with Crippen molar-refractivity contribution in [2.24, 2.45) is 0 Å². The highest BCUT2D eigenvalue weighted by atomic mass is 16.5. The van der Waals surface area contributed by atoms with Gasteiger partial charge >= 0.3 is 0 Å². The Labute approximate surface area is 118 Å². The van der Waals surface area contributed by atoms with Gasteiger partial charge in [-0.05, 0) is 32.9 Å². The van der Waals surface area contributed by atoms with E-state index in [9.17, 15) is 0 Å². The summed E-state index contributed by atoms with van der Waals surface area (Å²) in [4.78, 5) is 2.32. The minimum Gasteiger partial charge on any atom is -0.489 e. The molecule has 1 aromatic rings. The van der Waals surface area contributed by atoms with Crippen LogP contribution in [0.15, 0.2) is 24.3 Å². The van der Waals surface area contributed by atoms with Gasteiger partial charge in [0.05, 0.1) is 0 Å². The quantitative estimate of drug-likeness (QED) is 0.779. The van der Waals surface area contributed by atoms with E-state index >= 15 is 0 Å². The molecule has 0 bridgehead atoms. The zero-order valence-corrected chi connectivity index (χ0v) is 12.9. The van der Waals surface area contributed by atoms with Crippen molar-refractivity contribution in [3.63, 3.8) is 0 Å². The molecule has 1 N–H and O–H groups in total. The lowest BCUT2D eigenvalue weighted by Gasteiger charge is -2.22. The second-order valence-electron chi connectivity index (χ2n) is 5.16. The molecule has 0 spiro atoms. The van der Waals surface area contributed by atoms with Crippen LogP contribution >= 0.6 is 0 Å². The van der Waals surface area contributed by atoms with Crippen LogP contribution in [0, 0.1) is 0 Å². The average molecular weight is 264 g/mol. The molecular formula is C16H28N2O. The minimum atomic E-state index is 0.175. The Morgan fingerprint density at radius 2 is 1.84 bits per heavy atom. The highest BCUT2D eigenvalue weighted by Gasteiger charge is 2.07. The van der Waals surface area contributed by atoms with E-state index in [1.54, 1.807) is 0 Å². The fourth-order valence-corrected chi connectivity index (χ4v) is 2.02. The van der Waals surface area contributed by atoms with Gasteiger partial charge in [-0.3, -0.25) is 0 Å². The number of benzene rings is 1. The Hall–Kier alpha value is -1.22. The number of nitrogens with zero attached hydrogens (tertiary/aromatic N) is 1. The van der Waals surface area contributed by atoms with Crippen LogP contribution < -0.4 is 15.0 Å². The lowest BCUT2D eigenvalue weighted by molar-refractivity contribution is 0.213. The van der Waals surface area contributed by atoms with E-state index in [1.807, 2.05) is 6.07 Å². The van der Waals surface area contributed by atoms with Crippen LogP contribution in [-0.2, 0) is 0 Å². The second kappa shape index (κ2) is 8.05. The molecule has 3 heteroatoms. The average Bonchev–Trinajstić information content (AvgIpc) is 2.38. The molecule has 0 heterocycles. The fourth-order valence-electron chi connectivity index (χ4n) is 2.02. The summed E-state index contributed by atoms with van der Waals surface area (Å²) in [6.45, 7) is 13.6.